The lowest BCUT2D eigenvalue weighted by molar-refractivity contribution is 0.0927. The molecule has 1 aromatic rings. The van der Waals surface area contributed by atoms with Crippen molar-refractivity contribution in [1.29, 1.82) is 0 Å². The van der Waals surface area contributed by atoms with E-state index in [1.807, 2.05) is 0 Å². The maximum atomic E-state index is 11.9. The fraction of sp³-hybridized carbons (Fsp3) is 0.583. The standard InChI is InChI=1S/C12H18N2O2.ClH/c1-8-10(5-6-16-8)12(15)14-11-4-2-3-9(11)7-13;/h5-6,9,11H,2-4,7,13H2,1H3,(H,14,15);1H. The quantitative estimate of drug-likeness (QED) is 0.870. The molecule has 0 aromatic carbocycles. The minimum atomic E-state index is -0.0448. The second kappa shape index (κ2) is 6.07. The molecule has 96 valence electrons. The Bertz CT molecular complexity index is 378. The Morgan fingerprint density at radius 3 is 2.94 bits per heavy atom. The number of carbonyl (C=O) groups is 1. The highest BCUT2D eigenvalue weighted by atomic mass is 35.5. The summed E-state index contributed by atoms with van der Waals surface area (Å²) < 4.78 is 5.12. The molecule has 0 radical (unpaired) electrons. The van der Waals surface area contributed by atoms with Crippen molar-refractivity contribution in [1.82, 2.24) is 5.32 Å². The van der Waals surface area contributed by atoms with Gasteiger partial charge in [-0.3, -0.25) is 4.79 Å². The first-order valence-corrected chi connectivity index (χ1v) is 5.77. The van der Waals surface area contributed by atoms with Gasteiger partial charge in [0.05, 0.1) is 11.8 Å². The summed E-state index contributed by atoms with van der Waals surface area (Å²) in [6.45, 7) is 2.44. The number of carbonyl (C=O) groups excluding carboxylic acids is 1. The number of halogens is 1. The molecule has 1 heterocycles. The highest BCUT2D eigenvalue weighted by molar-refractivity contribution is 5.95. The van der Waals surface area contributed by atoms with E-state index in [1.54, 1.807) is 19.3 Å². The second-order valence-electron chi connectivity index (χ2n) is 4.40. The number of nitrogens with one attached hydrogen (secondary N) is 1. The van der Waals surface area contributed by atoms with E-state index in [9.17, 15) is 4.79 Å². The van der Waals surface area contributed by atoms with Gasteiger partial charge in [-0.25, -0.2) is 0 Å². The Morgan fingerprint density at radius 2 is 2.35 bits per heavy atom. The van der Waals surface area contributed by atoms with Crippen molar-refractivity contribution in [2.75, 3.05) is 6.54 Å². The lowest BCUT2D eigenvalue weighted by atomic mass is 10.0. The smallest absolute Gasteiger partial charge is 0.255 e. The molecule has 0 saturated heterocycles. The van der Waals surface area contributed by atoms with Crippen LogP contribution >= 0.6 is 12.4 Å². The van der Waals surface area contributed by atoms with E-state index < -0.39 is 0 Å². The first kappa shape index (κ1) is 14.1. The van der Waals surface area contributed by atoms with Gasteiger partial charge in [-0.05, 0) is 38.3 Å². The van der Waals surface area contributed by atoms with Gasteiger partial charge >= 0.3 is 0 Å². The van der Waals surface area contributed by atoms with E-state index >= 15 is 0 Å². The molecule has 17 heavy (non-hydrogen) atoms. The summed E-state index contributed by atoms with van der Waals surface area (Å²) >= 11 is 0. The topological polar surface area (TPSA) is 68.3 Å². The average molecular weight is 259 g/mol. The Balaban J connectivity index is 0.00000144. The minimum Gasteiger partial charge on any atom is -0.469 e. The Morgan fingerprint density at radius 1 is 1.59 bits per heavy atom. The van der Waals surface area contributed by atoms with Crippen molar-refractivity contribution in [3.05, 3.63) is 23.7 Å². The average Bonchev–Trinajstić information content (AvgIpc) is 2.86. The summed E-state index contributed by atoms with van der Waals surface area (Å²) in [7, 11) is 0. The summed E-state index contributed by atoms with van der Waals surface area (Å²) in [6.07, 6.45) is 4.84. The zero-order valence-electron chi connectivity index (χ0n) is 9.94. The number of hydrogen-bond donors (Lipinski definition) is 2. The third-order valence-corrected chi connectivity index (χ3v) is 3.38. The Labute approximate surface area is 107 Å². The van der Waals surface area contributed by atoms with Crippen LogP contribution in [-0.2, 0) is 0 Å². The minimum absolute atomic E-state index is 0. The van der Waals surface area contributed by atoms with E-state index in [0.717, 1.165) is 19.3 Å². The molecule has 1 fully saturated rings. The van der Waals surface area contributed by atoms with Gasteiger partial charge in [-0.1, -0.05) is 6.42 Å². The van der Waals surface area contributed by atoms with E-state index in [0.29, 0.717) is 23.8 Å². The van der Waals surface area contributed by atoms with Gasteiger partial charge in [0.1, 0.15) is 5.76 Å². The molecule has 4 nitrogen and oxygen atoms in total. The molecule has 3 N–H and O–H groups in total. The molecule has 0 aliphatic heterocycles. The van der Waals surface area contributed by atoms with Crippen LogP contribution in [0, 0.1) is 12.8 Å². The summed E-state index contributed by atoms with van der Waals surface area (Å²) in [5.41, 5.74) is 6.31. The third kappa shape index (κ3) is 3.01. The van der Waals surface area contributed by atoms with Crippen molar-refractivity contribution in [3.8, 4) is 0 Å². The lowest BCUT2D eigenvalue weighted by Gasteiger charge is -2.19. The molecule has 2 rings (SSSR count). The number of hydrogen-bond acceptors (Lipinski definition) is 3. The molecule has 5 heteroatoms. The molecule has 1 aliphatic carbocycles. The molecular weight excluding hydrogens is 240 g/mol. The van der Waals surface area contributed by atoms with E-state index in [-0.39, 0.29) is 24.4 Å². The van der Waals surface area contributed by atoms with Gasteiger partial charge in [-0.2, -0.15) is 0 Å². The van der Waals surface area contributed by atoms with E-state index in [1.165, 1.54) is 0 Å². The Hall–Kier alpha value is -1.00. The summed E-state index contributed by atoms with van der Waals surface area (Å²) in [5.74, 6) is 1.05. The zero-order valence-corrected chi connectivity index (χ0v) is 10.8. The van der Waals surface area contributed by atoms with Gasteiger partial charge in [0.15, 0.2) is 0 Å². The largest absolute Gasteiger partial charge is 0.469 e. The molecule has 2 unspecified atom stereocenters. The molecular formula is C12H19ClN2O2. The van der Waals surface area contributed by atoms with Crippen LogP contribution in [0.3, 0.4) is 0 Å². The molecule has 0 spiro atoms. The highest BCUT2D eigenvalue weighted by Gasteiger charge is 2.28. The normalized spacial score (nSPS) is 23.2. The number of aryl methyl sites for hydroxylation is 1. The fourth-order valence-corrected chi connectivity index (χ4v) is 2.38. The fourth-order valence-electron chi connectivity index (χ4n) is 2.38. The van der Waals surface area contributed by atoms with Crippen LogP contribution in [0.4, 0.5) is 0 Å². The van der Waals surface area contributed by atoms with Crippen molar-refractivity contribution in [3.63, 3.8) is 0 Å². The van der Waals surface area contributed by atoms with Crippen molar-refractivity contribution < 1.29 is 9.21 Å². The van der Waals surface area contributed by atoms with Crippen molar-refractivity contribution in [2.45, 2.75) is 32.2 Å². The van der Waals surface area contributed by atoms with Crippen LogP contribution in [-0.4, -0.2) is 18.5 Å². The van der Waals surface area contributed by atoms with Crippen molar-refractivity contribution >= 4 is 18.3 Å². The lowest BCUT2D eigenvalue weighted by Crippen LogP contribution is -2.39. The highest BCUT2D eigenvalue weighted by Crippen LogP contribution is 2.25. The molecule has 1 aromatic heterocycles. The van der Waals surface area contributed by atoms with E-state index in [2.05, 4.69) is 5.32 Å². The van der Waals surface area contributed by atoms with Crippen LogP contribution in [0.1, 0.15) is 35.4 Å². The monoisotopic (exact) mass is 258 g/mol. The first-order valence-electron chi connectivity index (χ1n) is 5.77. The van der Waals surface area contributed by atoms with Gasteiger partial charge < -0.3 is 15.5 Å². The third-order valence-electron chi connectivity index (χ3n) is 3.38. The molecule has 1 amide bonds. The molecule has 0 bridgehead atoms. The number of amides is 1. The first-order chi connectivity index (χ1) is 7.72. The Kier molecular flexibility index (Phi) is 5.02. The summed E-state index contributed by atoms with van der Waals surface area (Å²) in [5, 5.41) is 3.04. The SMILES string of the molecule is Cc1occc1C(=O)NC1CCCC1CN.Cl. The van der Waals surface area contributed by atoms with Crippen molar-refractivity contribution in [2.24, 2.45) is 11.7 Å². The molecule has 1 saturated carbocycles. The second-order valence-corrected chi connectivity index (χ2v) is 4.40. The predicted octanol–water partition coefficient (Wildman–Crippen LogP) is 1.87. The van der Waals surface area contributed by atoms with Crippen LogP contribution in [0.2, 0.25) is 0 Å². The zero-order chi connectivity index (χ0) is 11.5. The molecule has 2 atom stereocenters. The van der Waals surface area contributed by atoms with Crippen LogP contribution in [0.5, 0.6) is 0 Å². The maximum Gasteiger partial charge on any atom is 0.255 e. The van der Waals surface area contributed by atoms with Gasteiger partial charge in [0.25, 0.3) is 5.91 Å². The summed E-state index contributed by atoms with van der Waals surface area (Å²) in [6, 6.07) is 1.93. The number of nitrogens with two attached hydrogens (primary N) is 1. The van der Waals surface area contributed by atoms with Crippen LogP contribution < -0.4 is 11.1 Å². The van der Waals surface area contributed by atoms with Gasteiger partial charge in [-0.15, -0.1) is 12.4 Å². The van der Waals surface area contributed by atoms with Gasteiger partial charge in [0, 0.05) is 6.04 Å². The van der Waals surface area contributed by atoms with Crippen LogP contribution in [0.15, 0.2) is 16.7 Å². The number of rotatable bonds is 3. The van der Waals surface area contributed by atoms with Gasteiger partial charge in [0.2, 0.25) is 0 Å². The molecule has 1 aliphatic rings. The number of furan rings is 1. The predicted molar refractivity (Wildman–Crippen MR) is 68.3 cm³/mol. The maximum absolute atomic E-state index is 11.9. The summed E-state index contributed by atoms with van der Waals surface area (Å²) in [4.78, 5) is 11.9. The van der Waals surface area contributed by atoms with E-state index in [4.69, 9.17) is 10.2 Å². The van der Waals surface area contributed by atoms with Crippen LogP contribution in [0.25, 0.3) is 0 Å².